The quantitative estimate of drug-likeness (QED) is 0.444. The molecule has 1 unspecified atom stereocenters. The van der Waals surface area contributed by atoms with E-state index < -0.39 is 17.1 Å². The summed E-state index contributed by atoms with van der Waals surface area (Å²) in [4.78, 5) is 30.5. The Bertz CT molecular complexity index is 1470. The molecule has 3 N–H and O–H groups in total. The minimum Gasteiger partial charge on any atom is -0.458 e. The van der Waals surface area contributed by atoms with E-state index in [2.05, 4.69) is 0 Å². The van der Waals surface area contributed by atoms with E-state index in [9.17, 15) is 19.1 Å². The summed E-state index contributed by atoms with van der Waals surface area (Å²) >= 11 is 0. The SMILES string of the molecule is CC[C@@]1(O)C(=O)OCc2c1cc1n(c2=O)Cc2c-1nc1cc(F)c(C)c3c1c2C(C)(N)C3. The van der Waals surface area contributed by atoms with Gasteiger partial charge in [0.25, 0.3) is 5.56 Å². The van der Waals surface area contributed by atoms with Gasteiger partial charge in [0.05, 0.1) is 29.0 Å². The third kappa shape index (κ3) is 2.14. The number of rotatable bonds is 1. The fourth-order valence-corrected chi connectivity index (χ4v) is 5.69. The van der Waals surface area contributed by atoms with Gasteiger partial charge in [-0.05, 0) is 49.4 Å². The molecule has 0 spiro atoms. The molecule has 164 valence electrons. The van der Waals surface area contributed by atoms with Crippen LogP contribution >= 0.6 is 0 Å². The van der Waals surface area contributed by atoms with Crippen molar-refractivity contribution in [1.29, 1.82) is 0 Å². The summed E-state index contributed by atoms with van der Waals surface area (Å²) in [7, 11) is 0. The molecule has 6 rings (SSSR count). The minimum absolute atomic E-state index is 0.0691. The number of carbonyl (C=O) groups is 1. The Morgan fingerprint density at radius 2 is 2.03 bits per heavy atom. The van der Waals surface area contributed by atoms with Gasteiger partial charge in [0, 0.05) is 28.1 Å². The average Bonchev–Trinajstić information content (AvgIpc) is 3.25. The molecule has 3 aliphatic rings. The number of ether oxygens (including phenoxy) is 1. The molecule has 0 saturated carbocycles. The maximum absolute atomic E-state index is 14.7. The number of fused-ring (bicyclic) bond motifs is 5. The zero-order valence-electron chi connectivity index (χ0n) is 18.0. The molecule has 0 bridgehead atoms. The normalized spacial score (nSPS) is 25.0. The van der Waals surface area contributed by atoms with Crippen LogP contribution in [0.5, 0.6) is 0 Å². The van der Waals surface area contributed by atoms with Gasteiger partial charge in [-0.3, -0.25) is 4.79 Å². The number of nitrogens with two attached hydrogens (primary N) is 1. The van der Waals surface area contributed by atoms with Gasteiger partial charge in [-0.15, -0.1) is 0 Å². The number of pyridine rings is 2. The van der Waals surface area contributed by atoms with Crippen molar-refractivity contribution in [3.8, 4) is 11.4 Å². The van der Waals surface area contributed by atoms with Crippen LogP contribution in [0, 0.1) is 12.7 Å². The summed E-state index contributed by atoms with van der Waals surface area (Å²) in [5.74, 6) is -1.11. The van der Waals surface area contributed by atoms with Crippen LogP contribution < -0.4 is 11.3 Å². The number of benzene rings is 1. The van der Waals surface area contributed by atoms with E-state index in [0.29, 0.717) is 28.9 Å². The van der Waals surface area contributed by atoms with Crippen LogP contribution in [0.4, 0.5) is 4.39 Å². The van der Waals surface area contributed by atoms with Crippen LogP contribution in [-0.2, 0) is 40.2 Å². The first kappa shape index (κ1) is 19.6. The van der Waals surface area contributed by atoms with Crippen LogP contribution in [-0.4, -0.2) is 20.6 Å². The number of aromatic nitrogens is 2. The monoisotopic (exact) mass is 435 g/mol. The standard InChI is InChI=1S/C24H22FN3O4/c1-4-24(31)14-5-17-20-12(8-28(17)21(29)13(14)9-32-22(24)30)19-18-11(7-23(19,3)26)10(2)15(25)6-16(18)27-20/h5-6,31H,4,7-9,26H2,1-3H3/t23?,24-/m0/s1. The van der Waals surface area contributed by atoms with Crippen LogP contribution in [0.2, 0.25) is 0 Å². The lowest BCUT2D eigenvalue weighted by atomic mass is 9.86. The van der Waals surface area contributed by atoms with Crippen molar-refractivity contribution < 1.29 is 19.0 Å². The lowest BCUT2D eigenvalue weighted by Gasteiger charge is -2.31. The lowest BCUT2D eigenvalue weighted by Crippen LogP contribution is -2.44. The molecule has 32 heavy (non-hydrogen) atoms. The van der Waals surface area contributed by atoms with Crippen molar-refractivity contribution in [2.75, 3.05) is 0 Å². The maximum Gasteiger partial charge on any atom is 0.343 e. The van der Waals surface area contributed by atoms with Crippen molar-refractivity contribution in [1.82, 2.24) is 9.55 Å². The molecule has 4 heterocycles. The second-order valence-electron chi connectivity index (χ2n) is 9.37. The molecule has 1 aliphatic carbocycles. The number of aliphatic hydroxyl groups is 1. The first-order valence-corrected chi connectivity index (χ1v) is 10.7. The fourth-order valence-electron chi connectivity index (χ4n) is 5.69. The summed E-state index contributed by atoms with van der Waals surface area (Å²) in [5.41, 5.74) is 8.95. The Balaban J connectivity index is 1.71. The summed E-state index contributed by atoms with van der Waals surface area (Å²) in [6.07, 6.45) is 0.555. The van der Waals surface area contributed by atoms with E-state index in [1.54, 1.807) is 24.5 Å². The van der Waals surface area contributed by atoms with Crippen LogP contribution in [0.25, 0.3) is 22.3 Å². The zero-order chi connectivity index (χ0) is 22.7. The highest BCUT2D eigenvalue weighted by atomic mass is 19.1. The molecule has 3 aromatic rings. The molecule has 0 saturated heterocycles. The van der Waals surface area contributed by atoms with Crippen molar-refractivity contribution >= 4 is 16.9 Å². The number of esters is 1. The van der Waals surface area contributed by atoms with E-state index in [1.165, 1.54) is 6.07 Å². The Morgan fingerprint density at radius 3 is 2.75 bits per heavy atom. The Labute approximate surface area is 182 Å². The number of halogens is 1. The zero-order valence-corrected chi connectivity index (χ0v) is 18.0. The highest BCUT2D eigenvalue weighted by molar-refractivity contribution is 5.95. The van der Waals surface area contributed by atoms with Gasteiger partial charge in [0.15, 0.2) is 5.60 Å². The molecule has 8 heteroatoms. The summed E-state index contributed by atoms with van der Waals surface area (Å²) in [5, 5.41) is 11.9. The third-order valence-electron chi connectivity index (χ3n) is 7.42. The fraction of sp³-hybridized carbons (Fsp3) is 0.375. The molecule has 2 aromatic heterocycles. The second-order valence-corrected chi connectivity index (χ2v) is 9.37. The van der Waals surface area contributed by atoms with Crippen LogP contribution in [0.15, 0.2) is 16.9 Å². The maximum atomic E-state index is 14.7. The number of nitrogens with zero attached hydrogens (tertiary/aromatic N) is 2. The second kappa shape index (κ2) is 5.82. The average molecular weight is 435 g/mol. The molecule has 0 amide bonds. The van der Waals surface area contributed by atoms with Crippen molar-refractivity contribution in [3.05, 3.63) is 61.7 Å². The van der Waals surface area contributed by atoms with E-state index in [0.717, 1.165) is 22.1 Å². The number of hydrogen-bond donors (Lipinski definition) is 2. The van der Waals surface area contributed by atoms with Gasteiger partial charge >= 0.3 is 5.97 Å². The number of hydrogen-bond acceptors (Lipinski definition) is 6. The number of cyclic esters (lactones) is 1. The van der Waals surface area contributed by atoms with Gasteiger partial charge in [-0.1, -0.05) is 6.92 Å². The Hall–Kier alpha value is -3.10. The predicted molar refractivity (Wildman–Crippen MR) is 114 cm³/mol. The highest BCUT2D eigenvalue weighted by Gasteiger charge is 2.46. The van der Waals surface area contributed by atoms with Crippen LogP contribution in [0.1, 0.15) is 53.6 Å². The molecule has 0 radical (unpaired) electrons. The third-order valence-corrected chi connectivity index (χ3v) is 7.42. The van der Waals surface area contributed by atoms with E-state index in [-0.39, 0.29) is 42.1 Å². The lowest BCUT2D eigenvalue weighted by molar-refractivity contribution is -0.172. The molecule has 2 aliphatic heterocycles. The Morgan fingerprint density at radius 1 is 1.28 bits per heavy atom. The molecule has 1 aromatic carbocycles. The minimum atomic E-state index is -1.89. The van der Waals surface area contributed by atoms with Gasteiger partial charge in [-0.25, -0.2) is 14.2 Å². The van der Waals surface area contributed by atoms with Crippen molar-refractivity contribution in [2.45, 2.75) is 57.9 Å². The van der Waals surface area contributed by atoms with Gasteiger partial charge in [0.1, 0.15) is 12.4 Å². The van der Waals surface area contributed by atoms with E-state index in [1.807, 2.05) is 6.92 Å². The summed E-state index contributed by atoms with van der Waals surface area (Å²) in [6, 6.07) is 3.07. The van der Waals surface area contributed by atoms with Crippen molar-refractivity contribution in [2.24, 2.45) is 5.73 Å². The van der Waals surface area contributed by atoms with Gasteiger partial charge in [0.2, 0.25) is 0 Å². The largest absolute Gasteiger partial charge is 0.458 e. The summed E-state index contributed by atoms with van der Waals surface area (Å²) in [6.45, 7) is 5.42. The summed E-state index contributed by atoms with van der Waals surface area (Å²) < 4.78 is 21.4. The molecule has 0 fully saturated rings. The smallest absolute Gasteiger partial charge is 0.343 e. The number of carbonyl (C=O) groups excluding carboxylic acids is 1. The molecular formula is C24H22FN3O4. The van der Waals surface area contributed by atoms with Crippen LogP contribution in [0.3, 0.4) is 0 Å². The topological polar surface area (TPSA) is 107 Å². The van der Waals surface area contributed by atoms with Gasteiger partial charge in [-0.2, -0.15) is 0 Å². The molecule has 2 atom stereocenters. The highest BCUT2D eigenvalue weighted by Crippen LogP contribution is 2.48. The Kier molecular flexibility index (Phi) is 3.56. The van der Waals surface area contributed by atoms with Gasteiger partial charge < -0.3 is 20.1 Å². The van der Waals surface area contributed by atoms with E-state index >= 15 is 0 Å². The van der Waals surface area contributed by atoms with E-state index in [4.69, 9.17) is 15.5 Å². The first-order valence-electron chi connectivity index (χ1n) is 10.7. The molecular weight excluding hydrogens is 413 g/mol. The van der Waals surface area contributed by atoms with Crippen molar-refractivity contribution in [3.63, 3.8) is 0 Å². The predicted octanol–water partition coefficient (Wildman–Crippen LogP) is 2.26. The first-order chi connectivity index (χ1) is 15.1. The molecule has 7 nitrogen and oxygen atoms in total.